The van der Waals surface area contributed by atoms with Gasteiger partial charge in [-0.1, -0.05) is 45.0 Å². The van der Waals surface area contributed by atoms with Crippen molar-refractivity contribution in [2.45, 2.75) is 52.0 Å². The predicted molar refractivity (Wildman–Crippen MR) is 87.4 cm³/mol. The highest BCUT2D eigenvalue weighted by Gasteiger charge is 2.27. The van der Waals surface area contributed by atoms with Crippen LogP contribution >= 0.6 is 0 Å². The molecule has 1 amide bonds. The highest BCUT2D eigenvalue weighted by atomic mass is 16.2. The van der Waals surface area contributed by atoms with Gasteiger partial charge >= 0.3 is 0 Å². The second-order valence-corrected chi connectivity index (χ2v) is 6.95. The van der Waals surface area contributed by atoms with Crippen molar-refractivity contribution in [3.8, 4) is 0 Å². The van der Waals surface area contributed by atoms with Crippen LogP contribution in [0.2, 0.25) is 0 Å². The van der Waals surface area contributed by atoms with Crippen molar-refractivity contribution in [3.05, 3.63) is 35.4 Å². The zero-order valence-corrected chi connectivity index (χ0v) is 13.8. The van der Waals surface area contributed by atoms with Crippen LogP contribution in [-0.4, -0.2) is 30.4 Å². The Balaban J connectivity index is 2.07. The van der Waals surface area contributed by atoms with Crippen molar-refractivity contribution in [2.24, 2.45) is 0 Å². The third kappa shape index (κ3) is 4.07. The molecule has 3 nitrogen and oxygen atoms in total. The molecule has 0 bridgehead atoms. The largest absolute Gasteiger partial charge is 0.355 e. The summed E-state index contributed by atoms with van der Waals surface area (Å²) in [7, 11) is 0. The van der Waals surface area contributed by atoms with E-state index in [9.17, 15) is 4.79 Å². The van der Waals surface area contributed by atoms with Crippen LogP contribution in [0.1, 0.15) is 57.7 Å². The number of carbonyl (C=O) groups is 1. The number of amides is 1. The molecule has 3 heteroatoms. The van der Waals surface area contributed by atoms with Crippen LogP contribution in [0.25, 0.3) is 0 Å². The fourth-order valence-corrected chi connectivity index (χ4v) is 3.04. The molecule has 1 N–H and O–H groups in total. The summed E-state index contributed by atoms with van der Waals surface area (Å²) in [6.07, 6.45) is 2.32. The van der Waals surface area contributed by atoms with Gasteiger partial charge in [-0.25, -0.2) is 0 Å². The number of rotatable bonds is 4. The molecule has 0 spiro atoms. The van der Waals surface area contributed by atoms with E-state index < -0.39 is 0 Å². The summed E-state index contributed by atoms with van der Waals surface area (Å²) in [6, 6.07) is 9.33. The predicted octanol–water partition coefficient (Wildman–Crippen LogP) is 3.26. The molecule has 0 aliphatic carbocycles. The average molecular weight is 288 g/mol. The molecule has 0 saturated carbocycles. The normalized spacial score (nSPS) is 19.7. The quantitative estimate of drug-likeness (QED) is 0.922. The molecule has 2 rings (SSSR count). The van der Waals surface area contributed by atoms with E-state index in [2.05, 4.69) is 55.3 Å². The second-order valence-electron chi connectivity index (χ2n) is 6.95. The lowest BCUT2D eigenvalue weighted by molar-refractivity contribution is -0.122. The Hall–Kier alpha value is -1.35. The molecule has 1 aromatic rings. The van der Waals surface area contributed by atoms with Gasteiger partial charge in [0.05, 0.1) is 6.54 Å². The van der Waals surface area contributed by atoms with Gasteiger partial charge in [0, 0.05) is 12.6 Å². The van der Waals surface area contributed by atoms with E-state index in [-0.39, 0.29) is 11.3 Å². The highest BCUT2D eigenvalue weighted by Crippen LogP contribution is 2.32. The van der Waals surface area contributed by atoms with Crippen LogP contribution < -0.4 is 5.32 Å². The molecule has 1 heterocycles. The van der Waals surface area contributed by atoms with Gasteiger partial charge in [0.2, 0.25) is 5.91 Å². The Labute approximate surface area is 128 Å². The van der Waals surface area contributed by atoms with Crippen LogP contribution in [0.5, 0.6) is 0 Å². The minimum atomic E-state index is 0.135. The first kappa shape index (κ1) is 16.0. The van der Waals surface area contributed by atoms with E-state index in [1.54, 1.807) is 0 Å². The number of likely N-dealkylation sites (tertiary alicyclic amines) is 1. The van der Waals surface area contributed by atoms with E-state index >= 15 is 0 Å². The van der Waals surface area contributed by atoms with E-state index in [1.165, 1.54) is 17.5 Å². The number of benzene rings is 1. The van der Waals surface area contributed by atoms with Crippen molar-refractivity contribution in [1.29, 1.82) is 0 Å². The molecule has 21 heavy (non-hydrogen) atoms. The molecule has 1 unspecified atom stereocenters. The molecular weight excluding hydrogens is 260 g/mol. The lowest BCUT2D eigenvalue weighted by Crippen LogP contribution is -2.36. The summed E-state index contributed by atoms with van der Waals surface area (Å²) in [5.41, 5.74) is 2.89. The molecule has 1 aliphatic heterocycles. The first-order chi connectivity index (χ1) is 9.91. The molecule has 1 aliphatic rings. The molecule has 0 aromatic heterocycles. The number of hydrogen-bond donors (Lipinski definition) is 1. The Morgan fingerprint density at radius 2 is 1.95 bits per heavy atom. The monoisotopic (exact) mass is 288 g/mol. The van der Waals surface area contributed by atoms with Crippen molar-refractivity contribution < 1.29 is 4.79 Å². The fourth-order valence-electron chi connectivity index (χ4n) is 3.04. The minimum Gasteiger partial charge on any atom is -0.355 e. The first-order valence-electron chi connectivity index (χ1n) is 8.03. The average Bonchev–Trinajstić information content (AvgIpc) is 2.86. The zero-order chi connectivity index (χ0) is 15.5. The Kier molecular flexibility index (Phi) is 5.04. The maximum atomic E-state index is 11.8. The van der Waals surface area contributed by atoms with Crippen LogP contribution in [0.3, 0.4) is 0 Å². The summed E-state index contributed by atoms with van der Waals surface area (Å²) < 4.78 is 0. The number of nitrogens with one attached hydrogen (secondary N) is 1. The van der Waals surface area contributed by atoms with Gasteiger partial charge in [-0.05, 0) is 42.9 Å². The maximum absolute atomic E-state index is 11.8. The van der Waals surface area contributed by atoms with E-state index in [0.29, 0.717) is 19.1 Å². The van der Waals surface area contributed by atoms with Crippen LogP contribution in [0.15, 0.2) is 24.3 Å². The number of likely N-dealkylation sites (N-methyl/N-ethyl adjacent to an activating group) is 1. The van der Waals surface area contributed by atoms with Gasteiger partial charge in [-0.15, -0.1) is 0 Å². The first-order valence-corrected chi connectivity index (χ1v) is 8.03. The molecule has 116 valence electrons. The van der Waals surface area contributed by atoms with Gasteiger partial charge in [0.15, 0.2) is 0 Å². The minimum absolute atomic E-state index is 0.135. The van der Waals surface area contributed by atoms with Gasteiger partial charge in [-0.3, -0.25) is 9.69 Å². The van der Waals surface area contributed by atoms with Crippen molar-refractivity contribution >= 4 is 5.91 Å². The third-order valence-corrected chi connectivity index (χ3v) is 4.25. The summed E-state index contributed by atoms with van der Waals surface area (Å²) >= 11 is 0. The molecular formula is C18H28N2O. The highest BCUT2D eigenvalue weighted by molar-refractivity contribution is 5.78. The van der Waals surface area contributed by atoms with Gasteiger partial charge in [0.25, 0.3) is 0 Å². The molecule has 0 radical (unpaired) electrons. The Morgan fingerprint density at radius 1 is 1.29 bits per heavy atom. The van der Waals surface area contributed by atoms with E-state index in [1.807, 2.05) is 6.92 Å². The maximum Gasteiger partial charge on any atom is 0.234 e. The summed E-state index contributed by atoms with van der Waals surface area (Å²) in [6.45, 7) is 10.9. The summed E-state index contributed by atoms with van der Waals surface area (Å²) in [5.74, 6) is 0.135. The van der Waals surface area contributed by atoms with E-state index in [4.69, 9.17) is 0 Å². The van der Waals surface area contributed by atoms with Crippen molar-refractivity contribution in [3.63, 3.8) is 0 Å². The number of hydrogen-bond acceptors (Lipinski definition) is 2. The van der Waals surface area contributed by atoms with Gasteiger partial charge in [-0.2, -0.15) is 0 Å². The van der Waals surface area contributed by atoms with Gasteiger partial charge < -0.3 is 5.32 Å². The van der Waals surface area contributed by atoms with Gasteiger partial charge in [0.1, 0.15) is 0 Å². The summed E-state index contributed by atoms with van der Waals surface area (Å²) in [4.78, 5) is 14.1. The van der Waals surface area contributed by atoms with E-state index in [0.717, 1.165) is 13.0 Å². The lowest BCUT2D eigenvalue weighted by atomic mass is 9.86. The fraction of sp³-hybridized carbons (Fsp3) is 0.611. The second kappa shape index (κ2) is 6.61. The number of nitrogens with zero attached hydrogens (tertiary/aromatic N) is 1. The standard InChI is InChI=1S/C18H28N2O/c1-5-19-17(21)13-20-12-6-7-16(20)14-8-10-15(11-9-14)18(2,3)4/h8-11,16H,5-7,12-13H2,1-4H3,(H,19,21). The Bertz CT molecular complexity index is 473. The smallest absolute Gasteiger partial charge is 0.234 e. The van der Waals surface area contributed by atoms with Crippen LogP contribution in [0.4, 0.5) is 0 Å². The molecule has 1 atom stereocenters. The molecule has 1 saturated heterocycles. The lowest BCUT2D eigenvalue weighted by Gasteiger charge is -2.25. The third-order valence-electron chi connectivity index (χ3n) is 4.25. The molecule has 1 aromatic carbocycles. The Morgan fingerprint density at radius 3 is 2.52 bits per heavy atom. The molecule has 1 fully saturated rings. The van der Waals surface area contributed by atoms with Crippen molar-refractivity contribution in [1.82, 2.24) is 10.2 Å². The SMILES string of the molecule is CCNC(=O)CN1CCCC1c1ccc(C(C)(C)C)cc1. The summed E-state index contributed by atoms with van der Waals surface area (Å²) in [5, 5.41) is 2.89. The zero-order valence-electron chi connectivity index (χ0n) is 13.8. The van der Waals surface area contributed by atoms with Crippen LogP contribution in [0, 0.1) is 0 Å². The number of carbonyl (C=O) groups excluding carboxylic acids is 1. The van der Waals surface area contributed by atoms with Crippen molar-refractivity contribution in [2.75, 3.05) is 19.6 Å². The topological polar surface area (TPSA) is 32.3 Å². The van der Waals surface area contributed by atoms with Crippen LogP contribution in [-0.2, 0) is 10.2 Å².